The van der Waals surface area contributed by atoms with Crippen LogP contribution in [0.15, 0.2) is 53.0 Å². The van der Waals surface area contributed by atoms with Crippen LogP contribution in [0.1, 0.15) is 5.56 Å². The first-order chi connectivity index (χ1) is 12.5. The summed E-state index contributed by atoms with van der Waals surface area (Å²) in [5.74, 6) is 0. The Morgan fingerprint density at radius 1 is 1.04 bits per heavy atom. The molecule has 1 amide bonds. The number of halogens is 1. The molecule has 0 radical (unpaired) electrons. The fourth-order valence-electron chi connectivity index (χ4n) is 2.21. The number of benzene rings is 2. The number of rotatable bonds is 6. The molecule has 0 aliphatic heterocycles. The van der Waals surface area contributed by atoms with Crippen LogP contribution >= 0.6 is 15.9 Å². The fraction of sp³-hybridized carbons (Fsp3) is 0.188. The summed E-state index contributed by atoms with van der Waals surface area (Å²) in [5.41, 5.74) is 1.02. The summed E-state index contributed by atoms with van der Waals surface area (Å²) in [6, 6.07) is 13.1. The topological polar surface area (TPSA) is 110 Å². The van der Waals surface area contributed by atoms with Crippen LogP contribution in [0.3, 0.4) is 0 Å². The number of nitrogens with zero attached hydrogens (tertiary/aromatic N) is 1. The molecule has 0 atom stereocenters. The summed E-state index contributed by atoms with van der Waals surface area (Å²) < 4.78 is 53.0. The van der Waals surface area contributed by atoms with E-state index < -0.39 is 26.1 Å². The van der Waals surface area contributed by atoms with E-state index in [1.807, 2.05) is 30.3 Å². The lowest BCUT2D eigenvalue weighted by molar-refractivity contribution is 0.155. The molecule has 27 heavy (non-hydrogen) atoms. The van der Waals surface area contributed by atoms with Gasteiger partial charge in [0.25, 0.3) is 0 Å². The number of ether oxygens (including phenoxy) is 1. The molecule has 0 aliphatic carbocycles. The third-order valence-electron chi connectivity index (χ3n) is 3.21. The number of carbonyl (C=O) groups excluding carboxylic acids is 1. The van der Waals surface area contributed by atoms with E-state index in [1.165, 1.54) is 18.2 Å². The molecule has 2 aromatic carbocycles. The molecular formula is C16H17BrN2O6S2. The van der Waals surface area contributed by atoms with Crippen molar-refractivity contribution in [3.63, 3.8) is 0 Å². The van der Waals surface area contributed by atoms with Gasteiger partial charge in [-0.1, -0.05) is 30.3 Å². The van der Waals surface area contributed by atoms with Gasteiger partial charge in [-0.15, -0.1) is 0 Å². The highest BCUT2D eigenvalue weighted by Gasteiger charge is 2.29. The standard InChI is InChI=1S/C16H17BrN2O6S2/c1-26(21,22)19(27(2,23)24)15-9-8-13(10-14(15)17)18-16(20)25-11-12-6-4-3-5-7-12/h3-10H,11H2,1-2H3,(H,18,20). The molecule has 146 valence electrons. The van der Waals surface area contributed by atoms with Crippen molar-refractivity contribution in [2.24, 2.45) is 0 Å². The summed E-state index contributed by atoms with van der Waals surface area (Å²) in [4.78, 5) is 11.9. The molecule has 0 aliphatic rings. The minimum atomic E-state index is -4.07. The Morgan fingerprint density at radius 2 is 1.63 bits per heavy atom. The van der Waals surface area contributed by atoms with Crippen molar-refractivity contribution in [2.75, 3.05) is 21.5 Å². The molecule has 0 saturated heterocycles. The normalized spacial score (nSPS) is 11.7. The number of sulfonamides is 2. The number of hydrogen-bond acceptors (Lipinski definition) is 6. The first-order valence-corrected chi connectivity index (χ1v) is 11.9. The highest BCUT2D eigenvalue weighted by molar-refractivity contribution is 9.10. The largest absolute Gasteiger partial charge is 0.444 e. The van der Waals surface area contributed by atoms with E-state index in [2.05, 4.69) is 21.2 Å². The van der Waals surface area contributed by atoms with Crippen molar-refractivity contribution in [3.8, 4) is 0 Å². The Morgan fingerprint density at radius 3 is 2.15 bits per heavy atom. The molecule has 1 N–H and O–H groups in total. The van der Waals surface area contributed by atoms with Crippen molar-refractivity contribution in [3.05, 3.63) is 58.6 Å². The average molecular weight is 477 g/mol. The first kappa shape index (κ1) is 21.2. The maximum atomic E-state index is 11.9. The van der Waals surface area contributed by atoms with E-state index >= 15 is 0 Å². The Bertz CT molecular complexity index is 1010. The molecular weight excluding hydrogens is 460 g/mol. The first-order valence-electron chi connectivity index (χ1n) is 7.46. The third-order valence-corrected chi connectivity index (χ3v) is 7.06. The van der Waals surface area contributed by atoms with E-state index in [0.717, 1.165) is 18.1 Å². The average Bonchev–Trinajstić information content (AvgIpc) is 2.54. The van der Waals surface area contributed by atoms with E-state index in [1.54, 1.807) is 0 Å². The van der Waals surface area contributed by atoms with E-state index in [0.29, 0.717) is 9.40 Å². The Kier molecular flexibility index (Phi) is 6.50. The van der Waals surface area contributed by atoms with Crippen LogP contribution in [0.4, 0.5) is 16.2 Å². The molecule has 0 saturated carbocycles. The van der Waals surface area contributed by atoms with Gasteiger partial charge in [0.2, 0.25) is 20.0 Å². The van der Waals surface area contributed by atoms with Gasteiger partial charge in [0.1, 0.15) is 6.61 Å². The monoisotopic (exact) mass is 476 g/mol. The van der Waals surface area contributed by atoms with Crippen molar-refractivity contribution >= 4 is 53.4 Å². The number of carbonyl (C=O) groups is 1. The highest BCUT2D eigenvalue weighted by atomic mass is 79.9. The van der Waals surface area contributed by atoms with Crippen LogP contribution in [-0.2, 0) is 31.4 Å². The predicted octanol–water partition coefficient (Wildman–Crippen LogP) is 2.92. The molecule has 0 spiro atoms. The summed E-state index contributed by atoms with van der Waals surface area (Å²) in [7, 11) is -8.14. The number of amides is 1. The number of nitrogens with one attached hydrogen (secondary N) is 1. The molecule has 2 rings (SSSR count). The lowest BCUT2D eigenvalue weighted by Crippen LogP contribution is -2.35. The van der Waals surface area contributed by atoms with Crippen molar-refractivity contribution in [1.29, 1.82) is 0 Å². The Balaban J connectivity index is 2.15. The maximum absolute atomic E-state index is 11.9. The molecule has 0 aromatic heterocycles. The zero-order chi connectivity index (χ0) is 20.2. The van der Waals surface area contributed by atoms with Gasteiger partial charge in [-0.25, -0.2) is 21.6 Å². The van der Waals surface area contributed by atoms with Gasteiger partial charge in [0.05, 0.1) is 18.2 Å². The second kappa shape index (κ2) is 8.28. The molecule has 8 nitrogen and oxygen atoms in total. The van der Waals surface area contributed by atoms with Gasteiger partial charge in [-0.05, 0) is 39.7 Å². The summed E-state index contributed by atoms with van der Waals surface area (Å²) in [5, 5.41) is 2.49. The van der Waals surface area contributed by atoms with Crippen molar-refractivity contribution in [2.45, 2.75) is 6.61 Å². The van der Waals surface area contributed by atoms with Crippen molar-refractivity contribution < 1.29 is 26.4 Å². The minimum absolute atomic E-state index is 0.0852. The van der Waals surface area contributed by atoms with E-state index in [4.69, 9.17) is 4.74 Å². The number of hydrogen-bond donors (Lipinski definition) is 1. The van der Waals surface area contributed by atoms with Gasteiger partial charge >= 0.3 is 6.09 Å². The van der Waals surface area contributed by atoms with Crippen LogP contribution < -0.4 is 9.03 Å². The molecule has 11 heteroatoms. The molecule has 0 fully saturated rings. The molecule has 0 unspecified atom stereocenters. The second-order valence-electron chi connectivity index (χ2n) is 5.58. The Hall–Kier alpha value is -2.11. The lowest BCUT2D eigenvalue weighted by Gasteiger charge is -2.21. The SMILES string of the molecule is CS(=O)(=O)N(c1ccc(NC(=O)OCc2ccccc2)cc1Br)S(C)(=O)=O. The van der Waals surface area contributed by atoms with Crippen LogP contribution in [0.5, 0.6) is 0 Å². The Labute approximate surface area is 166 Å². The van der Waals surface area contributed by atoms with Crippen LogP contribution in [0, 0.1) is 0 Å². The predicted molar refractivity (Wildman–Crippen MR) is 107 cm³/mol. The summed E-state index contributed by atoms with van der Waals surface area (Å²) in [6.07, 6.45) is 0.864. The summed E-state index contributed by atoms with van der Waals surface area (Å²) >= 11 is 3.14. The molecule has 0 heterocycles. The molecule has 2 aromatic rings. The van der Waals surface area contributed by atoms with Gasteiger partial charge < -0.3 is 4.74 Å². The zero-order valence-corrected chi connectivity index (χ0v) is 17.6. The van der Waals surface area contributed by atoms with E-state index in [9.17, 15) is 21.6 Å². The number of anilines is 2. The van der Waals surface area contributed by atoms with Crippen molar-refractivity contribution in [1.82, 2.24) is 0 Å². The van der Waals surface area contributed by atoms with Gasteiger partial charge in [-0.2, -0.15) is 3.71 Å². The van der Waals surface area contributed by atoms with Crippen LogP contribution in [0.2, 0.25) is 0 Å². The van der Waals surface area contributed by atoms with E-state index in [-0.39, 0.29) is 16.8 Å². The fourth-order valence-corrected chi connectivity index (χ4v) is 6.00. The molecule has 0 bridgehead atoms. The minimum Gasteiger partial charge on any atom is -0.444 e. The quantitative estimate of drug-likeness (QED) is 0.685. The zero-order valence-electron chi connectivity index (χ0n) is 14.4. The maximum Gasteiger partial charge on any atom is 0.411 e. The lowest BCUT2D eigenvalue weighted by atomic mass is 10.2. The van der Waals surface area contributed by atoms with Gasteiger partial charge in [0.15, 0.2) is 0 Å². The van der Waals surface area contributed by atoms with Gasteiger partial charge in [0, 0.05) is 10.2 Å². The smallest absolute Gasteiger partial charge is 0.411 e. The summed E-state index contributed by atoms with van der Waals surface area (Å²) in [6.45, 7) is 0.0852. The van der Waals surface area contributed by atoms with Crippen LogP contribution in [0.25, 0.3) is 0 Å². The second-order valence-corrected chi connectivity index (χ2v) is 10.3. The third kappa shape index (κ3) is 5.94. The van der Waals surface area contributed by atoms with Gasteiger partial charge in [-0.3, -0.25) is 5.32 Å². The highest BCUT2D eigenvalue weighted by Crippen LogP contribution is 2.32. The van der Waals surface area contributed by atoms with Crippen LogP contribution in [-0.4, -0.2) is 35.4 Å².